The van der Waals surface area contributed by atoms with E-state index in [1.807, 2.05) is 30.3 Å². The fourth-order valence-electron chi connectivity index (χ4n) is 3.05. The Labute approximate surface area is 131 Å². The molecule has 0 bridgehead atoms. The van der Waals surface area contributed by atoms with Gasteiger partial charge in [0, 0.05) is 30.6 Å². The molecule has 1 heterocycles. The van der Waals surface area contributed by atoms with E-state index in [1.165, 1.54) is 0 Å². The van der Waals surface area contributed by atoms with Gasteiger partial charge in [-0.25, -0.2) is 4.79 Å². The molecule has 0 radical (unpaired) electrons. The minimum Gasteiger partial charge on any atom is -0.334 e. The summed E-state index contributed by atoms with van der Waals surface area (Å²) >= 11 is 0. The summed E-state index contributed by atoms with van der Waals surface area (Å²) in [6.07, 6.45) is 1.02. The molecule has 1 aliphatic heterocycles. The fraction of sp³-hybridized carbons (Fsp3) is 0.389. The topological polar surface area (TPSA) is 44.4 Å². The summed E-state index contributed by atoms with van der Waals surface area (Å²) in [7, 11) is 0. The van der Waals surface area contributed by atoms with Gasteiger partial charge < -0.3 is 10.6 Å². The summed E-state index contributed by atoms with van der Waals surface area (Å²) in [5.41, 5.74) is 0.856. The van der Waals surface area contributed by atoms with E-state index in [1.54, 1.807) is 0 Å². The molecule has 0 aromatic heterocycles. The predicted molar refractivity (Wildman–Crippen MR) is 91.2 cm³/mol. The molecule has 116 valence electrons. The molecule has 0 aliphatic carbocycles. The zero-order chi connectivity index (χ0) is 15.5. The first kappa shape index (κ1) is 14.9. The Morgan fingerprint density at radius 3 is 2.73 bits per heavy atom. The Bertz CT molecular complexity index is 663. The Balaban J connectivity index is 1.64. The molecule has 1 aliphatic rings. The van der Waals surface area contributed by atoms with Crippen molar-refractivity contribution < 1.29 is 4.79 Å². The highest BCUT2D eigenvalue weighted by atomic mass is 16.2. The van der Waals surface area contributed by atoms with Gasteiger partial charge in [0.15, 0.2) is 0 Å². The van der Waals surface area contributed by atoms with E-state index in [0.717, 1.165) is 36.0 Å². The quantitative estimate of drug-likeness (QED) is 0.911. The third kappa shape index (κ3) is 3.22. The first-order chi connectivity index (χ1) is 10.6. The maximum Gasteiger partial charge on any atom is 0.319 e. The molecular weight excluding hydrogens is 274 g/mol. The van der Waals surface area contributed by atoms with E-state index >= 15 is 0 Å². The summed E-state index contributed by atoms with van der Waals surface area (Å²) in [5.74, 6) is 0. The summed E-state index contributed by atoms with van der Waals surface area (Å²) in [6, 6.07) is 14.7. The normalized spacial score (nSPS) is 18.8. The first-order valence-electron chi connectivity index (χ1n) is 7.93. The van der Waals surface area contributed by atoms with Crippen LogP contribution >= 0.6 is 0 Å². The van der Waals surface area contributed by atoms with Crippen LogP contribution in [0, 0.1) is 0 Å². The molecule has 0 spiro atoms. The van der Waals surface area contributed by atoms with Gasteiger partial charge in [-0.15, -0.1) is 0 Å². The van der Waals surface area contributed by atoms with Crippen molar-refractivity contribution in [3.8, 4) is 0 Å². The Morgan fingerprint density at radius 2 is 1.95 bits per heavy atom. The molecule has 1 saturated heterocycles. The highest BCUT2D eigenvalue weighted by molar-refractivity contribution is 6.01. The van der Waals surface area contributed by atoms with Crippen molar-refractivity contribution >= 4 is 22.5 Å². The molecule has 0 saturated carbocycles. The van der Waals surface area contributed by atoms with E-state index in [9.17, 15) is 4.79 Å². The number of hydrogen-bond acceptors (Lipinski definition) is 2. The number of benzene rings is 2. The van der Waals surface area contributed by atoms with E-state index in [-0.39, 0.29) is 12.1 Å². The van der Waals surface area contributed by atoms with Crippen molar-refractivity contribution in [1.29, 1.82) is 0 Å². The molecule has 1 fully saturated rings. The van der Waals surface area contributed by atoms with Crippen LogP contribution in [-0.4, -0.2) is 36.1 Å². The van der Waals surface area contributed by atoms with Gasteiger partial charge in [0.1, 0.15) is 0 Å². The van der Waals surface area contributed by atoms with Crippen LogP contribution in [0.15, 0.2) is 42.5 Å². The average Bonchev–Trinajstić information content (AvgIpc) is 2.96. The van der Waals surface area contributed by atoms with Gasteiger partial charge >= 0.3 is 6.03 Å². The van der Waals surface area contributed by atoms with Crippen LogP contribution in [0.1, 0.15) is 20.3 Å². The number of anilines is 1. The molecule has 2 aromatic rings. The van der Waals surface area contributed by atoms with Crippen molar-refractivity contribution in [3.05, 3.63) is 42.5 Å². The van der Waals surface area contributed by atoms with Gasteiger partial charge in [-0.3, -0.25) is 4.90 Å². The largest absolute Gasteiger partial charge is 0.334 e. The number of hydrogen-bond donors (Lipinski definition) is 2. The molecule has 22 heavy (non-hydrogen) atoms. The van der Waals surface area contributed by atoms with Crippen molar-refractivity contribution in [2.75, 3.05) is 18.4 Å². The highest BCUT2D eigenvalue weighted by Crippen LogP contribution is 2.23. The number of nitrogens with one attached hydrogen (secondary N) is 2. The molecule has 1 atom stereocenters. The Morgan fingerprint density at radius 1 is 1.18 bits per heavy atom. The third-order valence-corrected chi connectivity index (χ3v) is 4.32. The lowest BCUT2D eigenvalue weighted by molar-refractivity contribution is 0.244. The highest BCUT2D eigenvalue weighted by Gasteiger charge is 2.25. The molecule has 4 heteroatoms. The molecule has 3 rings (SSSR count). The zero-order valence-corrected chi connectivity index (χ0v) is 13.2. The van der Waals surface area contributed by atoms with Crippen molar-refractivity contribution in [1.82, 2.24) is 10.2 Å². The van der Waals surface area contributed by atoms with Gasteiger partial charge in [0.25, 0.3) is 0 Å². The van der Waals surface area contributed by atoms with Crippen LogP contribution in [0.5, 0.6) is 0 Å². The van der Waals surface area contributed by atoms with Crippen molar-refractivity contribution in [2.45, 2.75) is 32.4 Å². The summed E-state index contributed by atoms with van der Waals surface area (Å²) < 4.78 is 0. The molecule has 2 N–H and O–H groups in total. The second-order valence-electron chi connectivity index (χ2n) is 6.20. The van der Waals surface area contributed by atoms with Gasteiger partial charge in [-0.1, -0.05) is 36.4 Å². The van der Waals surface area contributed by atoms with Crippen LogP contribution in [0.3, 0.4) is 0 Å². The number of rotatable bonds is 3. The van der Waals surface area contributed by atoms with Crippen molar-refractivity contribution in [3.63, 3.8) is 0 Å². The van der Waals surface area contributed by atoms with E-state index in [4.69, 9.17) is 0 Å². The maximum absolute atomic E-state index is 12.2. The van der Waals surface area contributed by atoms with Gasteiger partial charge in [-0.2, -0.15) is 0 Å². The summed E-state index contributed by atoms with van der Waals surface area (Å²) in [6.45, 7) is 6.37. The molecular formula is C18H23N3O. The van der Waals surface area contributed by atoms with E-state index < -0.39 is 0 Å². The standard InChI is InChI=1S/C18H23N3O/c1-13(2)21-11-10-15(12-21)19-18(22)20-17-9-5-7-14-6-3-4-8-16(14)17/h3-9,13,15H,10-12H2,1-2H3,(H2,19,20,22)/t15-/m0/s1. The fourth-order valence-corrected chi connectivity index (χ4v) is 3.05. The lowest BCUT2D eigenvalue weighted by Gasteiger charge is -2.20. The SMILES string of the molecule is CC(C)N1CC[C@H](NC(=O)Nc2cccc3ccccc23)C1. The first-order valence-corrected chi connectivity index (χ1v) is 7.93. The molecule has 0 unspecified atom stereocenters. The molecule has 2 amide bonds. The Kier molecular flexibility index (Phi) is 4.29. The molecule has 2 aromatic carbocycles. The zero-order valence-electron chi connectivity index (χ0n) is 13.2. The monoisotopic (exact) mass is 297 g/mol. The van der Waals surface area contributed by atoms with E-state index in [0.29, 0.717) is 6.04 Å². The van der Waals surface area contributed by atoms with Crippen LogP contribution in [0.4, 0.5) is 10.5 Å². The average molecular weight is 297 g/mol. The second kappa shape index (κ2) is 6.36. The van der Waals surface area contributed by atoms with Gasteiger partial charge in [0.05, 0.1) is 5.69 Å². The number of likely N-dealkylation sites (tertiary alicyclic amines) is 1. The number of carbonyl (C=O) groups excluding carboxylic acids is 1. The molecule has 4 nitrogen and oxygen atoms in total. The Hall–Kier alpha value is -2.07. The van der Waals surface area contributed by atoms with Crippen LogP contribution < -0.4 is 10.6 Å². The van der Waals surface area contributed by atoms with Gasteiger partial charge in [0.2, 0.25) is 0 Å². The van der Waals surface area contributed by atoms with Crippen LogP contribution in [0.25, 0.3) is 10.8 Å². The third-order valence-electron chi connectivity index (χ3n) is 4.32. The number of nitrogens with zero attached hydrogens (tertiary/aromatic N) is 1. The maximum atomic E-state index is 12.2. The van der Waals surface area contributed by atoms with Gasteiger partial charge in [-0.05, 0) is 31.7 Å². The summed E-state index contributed by atoms with van der Waals surface area (Å²) in [5, 5.41) is 8.27. The number of urea groups is 1. The number of amides is 2. The number of fused-ring (bicyclic) bond motifs is 1. The van der Waals surface area contributed by atoms with Crippen molar-refractivity contribution in [2.24, 2.45) is 0 Å². The van der Waals surface area contributed by atoms with Crippen LogP contribution in [0.2, 0.25) is 0 Å². The second-order valence-corrected chi connectivity index (χ2v) is 6.20. The van der Waals surface area contributed by atoms with Crippen LogP contribution in [-0.2, 0) is 0 Å². The lowest BCUT2D eigenvalue weighted by Crippen LogP contribution is -2.40. The minimum absolute atomic E-state index is 0.119. The lowest BCUT2D eigenvalue weighted by atomic mass is 10.1. The predicted octanol–water partition coefficient (Wildman–Crippen LogP) is 3.44. The summed E-state index contributed by atoms with van der Waals surface area (Å²) in [4.78, 5) is 14.6. The number of carbonyl (C=O) groups is 1. The van der Waals surface area contributed by atoms with E-state index in [2.05, 4.69) is 41.5 Å². The smallest absolute Gasteiger partial charge is 0.319 e. The minimum atomic E-state index is -0.119.